The highest BCUT2D eigenvalue weighted by molar-refractivity contribution is 7.92. The third-order valence-corrected chi connectivity index (χ3v) is 6.63. The number of nitrogens with zero attached hydrogens (tertiary/aromatic N) is 1. The number of aromatic nitrogens is 2. The van der Waals surface area contributed by atoms with Crippen LogP contribution in [0.1, 0.15) is 22.3 Å². The van der Waals surface area contributed by atoms with Crippen molar-refractivity contribution in [1.29, 1.82) is 0 Å². The fourth-order valence-corrected chi connectivity index (χ4v) is 4.99. The molecule has 0 unspecified atom stereocenters. The molecule has 3 aromatic carbocycles. The van der Waals surface area contributed by atoms with Gasteiger partial charge < -0.3 is 4.98 Å². The number of aryl methyl sites for hydroxylation is 2. The lowest BCUT2D eigenvalue weighted by molar-refractivity contribution is -0.117. The number of sulfonamides is 1. The molecule has 4 rings (SSSR count). The molecule has 4 aromatic rings. The minimum atomic E-state index is -3.85. The Kier molecular flexibility index (Phi) is 5.61. The summed E-state index contributed by atoms with van der Waals surface area (Å²) in [5.41, 5.74) is 5.03. The summed E-state index contributed by atoms with van der Waals surface area (Å²) in [6.45, 7) is 3.73. The van der Waals surface area contributed by atoms with E-state index < -0.39 is 10.0 Å². The fourth-order valence-electron chi connectivity index (χ4n) is 3.63. The van der Waals surface area contributed by atoms with E-state index in [0.29, 0.717) is 28.8 Å². The number of ketones is 1. The van der Waals surface area contributed by atoms with Crippen molar-refractivity contribution in [2.75, 3.05) is 4.72 Å². The molecular weight excluding hydrogens is 410 g/mol. The van der Waals surface area contributed by atoms with Crippen LogP contribution in [0.25, 0.3) is 11.0 Å². The van der Waals surface area contributed by atoms with Crippen molar-refractivity contribution in [2.45, 2.75) is 31.6 Å². The number of fused-ring (bicyclic) bond motifs is 1. The van der Waals surface area contributed by atoms with Gasteiger partial charge in [-0.15, -0.1) is 0 Å². The second kappa shape index (κ2) is 8.35. The maximum absolute atomic E-state index is 13.1. The number of carbonyl (C=O) groups is 1. The summed E-state index contributed by atoms with van der Waals surface area (Å²) in [4.78, 5) is 19.9. The van der Waals surface area contributed by atoms with Gasteiger partial charge in [-0.05, 0) is 48.7 Å². The van der Waals surface area contributed by atoms with Gasteiger partial charge in [0.05, 0.1) is 22.4 Å². The van der Waals surface area contributed by atoms with Gasteiger partial charge in [-0.2, -0.15) is 0 Å². The Morgan fingerprint density at radius 3 is 2.48 bits per heavy atom. The van der Waals surface area contributed by atoms with Gasteiger partial charge in [-0.3, -0.25) is 9.52 Å². The van der Waals surface area contributed by atoms with Gasteiger partial charge in [-0.25, -0.2) is 13.4 Å². The number of carbonyl (C=O) groups excluding carboxylic acids is 1. The number of imidazole rings is 1. The SMILES string of the molecule is Cc1cccc(CC(=O)Cc2ccc(C)c(S(=O)(=O)Nc3cccc4[nH]cnc34)c2)c1. The standard InChI is InChI=1S/C24H23N3O3S/c1-16-5-3-6-18(11-16)12-20(28)13-19-10-9-17(2)23(14-19)31(29,30)27-22-8-4-7-21-24(22)26-15-25-21/h3-11,14-15,27H,12-13H2,1-2H3,(H,25,26). The van der Waals surface area contributed by atoms with Crippen LogP contribution in [-0.4, -0.2) is 24.2 Å². The third-order valence-electron chi connectivity index (χ3n) is 5.12. The largest absolute Gasteiger partial charge is 0.345 e. The van der Waals surface area contributed by atoms with E-state index in [-0.39, 0.29) is 17.1 Å². The number of hydrogen-bond donors (Lipinski definition) is 2. The Hall–Kier alpha value is -3.45. The summed E-state index contributed by atoms with van der Waals surface area (Å²) in [5.74, 6) is 0.0343. The first-order chi connectivity index (χ1) is 14.8. The van der Waals surface area contributed by atoms with Crippen LogP contribution in [0.15, 0.2) is 71.9 Å². The van der Waals surface area contributed by atoms with Crippen LogP contribution in [0.5, 0.6) is 0 Å². The Bertz CT molecular complexity index is 1370. The summed E-state index contributed by atoms with van der Waals surface area (Å²) >= 11 is 0. The highest BCUT2D eigenvalue weighted by Gasteiger charge is 2.20. The quantitative estimate of drug-likeness (QED) is 0.454. The van der Waals surface area contributed by atoms with Crippen LogP contribution in [0.4, 0.5) is 5.69 Å². The molecule has 2 N–H and O–H groups in total. The highest BCUT2D eigenvalue weighted by Crippen LogP contribution is 2.25. The summed E-state index contributed by atoms with van der Waals surface area (Å²) in [5, 5.41) is 0. The molecule has 0 saturated carbocycles. The van der Waals surface area contributed by atoms with E-state index >= 15 is 0 Å². The molecule has 0 radical (unpaired) electrons. The van der Waals surface area contributed by atoms with E-state index in [0.717, 1.165) is 16.6 Å². The maximum Gasteiger partial charge on any atom is 0.262 e. The van der Waals surface area contributed by atoms with Gasteiger partial charge in [0.2, 0.25) is 0 Å². The molecule has 0 fully saturated rings. The number of Topliss-reactive ketones (excluding diaryl/α,β-unsaturated/α-hetero) is 1. The van der Waals surface area contributed by atoms with Crippen LogP contribution in [0.2, 0.25) is 0 Å². The first-order valence-corrected chi connectivity index (χ1v) is 11.4. The minimum absolute atomic E-state index is 0.0343. The summed E-state index contributed by atoms with van der Waals surface area (Å²) < 4.78 is 28.9. The predicted molar refractivity (Wildman–Crippen MR) is 122 cm³/mol. The van der Waals surface area contributed by atoms with E-state index in [1.54, 1.807) is 37.3 Å². The summed E-state index contributed by atoms with van der Waals surface area (Å²) in [6.07, 6.45) is 2.01. The fraction of sp³-hybridized carbons (Fsp3) is 0.167. The smallest absolute Gasteiger partial charge is 0.262 e. The number of H-pyrrole nitrogens is 1. The van der Waals surface area contributed by atoms with Gasteiger partial charge in [0.25, 0.3) is 10.0 Å². The molecule has 0 spiro atoms. The zero-order chi connectivity index (χ0) is 22.0. The van der Waals surface area contributed by atoms with E-state index in [4.69, 9.17) is 0 Å². The molecule has 1 heterocycles. The third kappa shape index (κ3) is 4.67. The van der Waals surface area contributed by atoms with Crippen LogP contribution in [0.3, 0.4) is 0 Å². The van der Waals surface area contributed by atoms with Gasteiger partial charge in [0, 0.05) is 12.8 Å². The number of nitrogens with one attached hydrogen (secondary N) is 2. The molecule has 158 valence electrons. The lowest BCUT2D eigenvalue weighted by Gasteiger charge is -2.12. The minimum Gasteiger partial charge on any atom is -0.345 e. The monoisotopic (exact) mass is 433 g/mol. The Morgan fingerprint density at radius 2 is 1.71 bits per heavy atom. The molecule has 0 bridgehead atoms. The van der Waals surface area contributed by atoms with E-state index in [1.165, 1.54) is 6.33 Å². The van der Waals surface area contributed by atoms with E-state index in [2.05, 4.69) is 14.7 Å². The van der Waals surface area contributed by atoms with Gasteiger partial charge in [0.1, 0.15) is 11.3 Å². The van der Waals surface area contributed by atoms with Gasteiger partial charge in [-0.1, -0.05) is 48.0 Å². The number of anilines is 1. The Balaban J connectivity index is 1.56. The molecule has 1 aromatic heterocycles. The topological polar surface area (TPSA) is 91.9 Å². The second-order valence-corrected chi connectivity index (χ2v) is 9.34. The van der Waals surface area contributed by atoms with Crippen LogP contribution >= 0.6 is 0 Å². The maximum atomic E-state index is 13.1. The first-order valence-electron chi connectivity index (χ1n) is 9.93. The lowest BCUT2D eigenvalue weighted by Crippen LogP contribution is -2.15. The molecule has 7 heteroatoms. The lowest BCUT2D eigenvalue weighted by atomic mass is 10.0. The Labute approximate surface area is 181 Å². The normalized spacial score (nSPS) is 11.5. The molecule has 31 heavy (non-hydrogen) atoms. The molecular formula is C24H23N3O3S. The number of benzene rings is 3. The number of para-hydroxylation sites is 1. The molecule has 0 amide bonds. The van der Waals surface area contributed by atoms with Crippen LogP contribution < -0.4 is 4.72 Å². The van der Waals surface area contributed by atoms with Gasteiger partial charge in [0.15, 0.2) is 0 Å². The first kappa shape index (κ1) is 20.8. The van der Waals surface area contributed by atoms with E-state index in [1.807, 2.05) is 37.3 Å². The molecule has 0 atom stereocenters. The average molecular weight is 434 g/mol. The zero-order valence-electron chi connectivity index (χ0n) is 17.3. The van der Waals surface area contributed by atoms with Crippen molar-refractivity contribution < 1.29 is 13.2 Å². The molecule has 0 aliphatic carbocycles. The molecule has 0 aliphatic rings. The van der Waals surface area contributed by atoms with Crippen molar-refractivity contribution in [3.8, 4) is 0 Å². The van der Waals surface area contributed by atoms with Crippen LogP contribution in [0, 0.1) is 13.8 Å². The summed E-state index contributed by atoms with van der Waals surface area (Å²) in [7, 11) is -3.85. The van der Waals surface area contributed by atoms with Crippen molar-refractivity contribution in [3.05, 3.63) is 89.2 Å². The van der Waals surface area contributed by atoms with Crippen molar-refractivity contribution in [1.82, 2.24) is 9.97 Å². The average Bonchev–Trinajstić information content (AvgIpc) is 3.19. The second-order valence-electron chi connectivity index (χ2n) is 7.69. The van der Waals surface area contributed by atoms with Gasteiger partial charge >= 0.3 is 0 Å². The molecule has 0 aliphatic heterocycles. The van der Waals surface area contributed by atoms with Crippen molar-refractivity contribution >= 4 is 32.5 Å². The zero-order valence-corrected chi connectivity index (χ0v) is 18.2. The summed E-state index contributed by atoms with van der Waals surface area (Å²) in [6, 6.07) is 18.2. The van der Waals surface area contributed by atoms with Crippen molar-refractivity contribution in [3.63, 3.8) is 0 Å². The number of aromatic amines is 1. The van der Waals surface area contributed by atoms with Crippen molar-refractivity contribution in [2.24, 2.45) is 0 Å². The van der Waals surface area contributed by atoms with E-state index in [9.17, 15) is 13.2 Å². The highest BCUT2D eigenvalue weighted by atomic mass is 32.2. The Morgan fingerprint density at radius 1 is 0.968 bits per heavy atom. The van der Waals surface area contributed by atoms with Crippen LogP contribution in [-0.2, 0) is 27.7 Å². The molecule has 6 nitrogen and oxygen atoms in total. The molecule has 0 saturated heterocycles. The number of rotatable bonds is 7. The predicted octanol–water partition coefficient (Wildman–Crippen LogP) is 4.33. The number of hydrogen-bond acceptors (Lipinski definition) is 4.